The Balaban J connectivity index is 1.53. The van der Waals surface area contributed by atoms with Crippen LogP contribution < -0.4 is 5.76 Å². The summed E-state index contributed by atoms with van der Waals surface area (Å²) in [5.74, 6) is -0.573. The van der Waals surface area contributed by atoms with E-state index in [0.29, 0.717) is 35.3 Å². The van der Waals surface area contributed by atoms with Crippen molar-refractivity contribution in [2.24, 2.45) is 0 Å². The van der Waals surface area contributed by atoms with Crippen LogP contribution in [0.2, 0.25) is 0 Å². The predicted molar refractivity (Wildman–Crippen MR) is 109 cm³/mol. The minimum absolute atomic E-state index is 0.0462. The Hall–Kier alpha value is -3.26. The molecule has 3 aromatic heterocycles. The number of amides is 1. The first-order valence-corrected chi connectivity index (χ1v) is 9.86. The van der Waals surface area contributed by atoms with Crippen LogP contribution in [-0.4, -0.2) is 25.8 Å². The highest BCUT2D eigenvalue weighted by Crippen LogP contribution is 2.37. The fourth-order valence-corrected chi connectivity index (χ4v) is 4.17. The van der Waals surface area contributed by atoms with Crippen molar-refractivity contribution in [1.82, 2.24) is 19.9 Å². The zero-order valence-electron chi connectivity index (χ0n) is 15.1. The van der Waals surface area contributed by atoms with Gasteiger partial charge in [-0.2, -0.15) is 0 Å². The Bertz CT molecular complexity index is 1300. The number of oxazole rings is 1. The van der Waals surface area contributed by atoms with Gasteiger partial charge in [-0.3, -0.25) is 19.7 Å². The first-order valence-electron chi connectivity index (χ1n) is 9.07. The van der Waals surface area contributed by atoms with E-state index < -0.39 is 5.76 Å². The Morgan fingerprint density at radius 1 is 1.14 bits per heavy atom. The Labute approximate surface area is 173 Å². The fraction of sp³-hybridized carbons (Fsp3) is 0.143. The first-order chi connectivity index (χ1) is 14.1. The number of pyridine rings is 2. The molecule has 8 heteroatoms. The Morgan fingerprint density at radius 2 is 2.00 bits per heavy atom. The molecule has 0 spiro atoms. The average molecular weight is 451 g/mol. The second-order valence-electron chi connectivity index (χ2n) is 6.86. The first kappa shape index (κ1) is 17.8. The Kier molecular flexibility index (Phi) is 4.28. The number of halogens is 1. The number of nitrogens with zero attached hydrogens (tertiary/aromatic N) is 3. The molecule has 4 aromatic rings. The third-order valence-corrected chi connectivity index (χ3v) is 5.83. The van der Waals surface area contributed by atoms with Crippen molar-refractivity contribution >= 4 is 32.9 Å². The molecule has 4 heterocycles. The standard InChI is InChI=1S/C21H15BrN4O3/c22-15-6-3-7-23-16(15)9-18-13-4-1-2-5-14(13)20(27)26(18)11-12-8-19-17(10-24-12)25-21(28)29-19/h1-8,10,18H,9,11H2,(H,25,28). The van der Waals surface area contributed by atoms with E-state index in [1.54, 1.807) is 23.4 Å². The summed E-state index contributed by atoms with van der Waals surface area (Å²) in [6, 6.07) is 13.0. The van der Waals surface area contributed by atoms with Crippen LogP contribution in [0.3, 0.4) is 0 Å². The molecule has 0 aliphatic carbocycles. The smallest absolute Gasteiger partial charge is 0.408 e. The van der Waals surface area contributed by atoms with Crippen LogP contribution in [-0.2, 0) is 13.0 Å². The summed E-state index contributed by atoms with van der Waals surface area (Å²) in [6.45, 7) is 0.299. The molecule has 7 nitrogen and oxygen atoms in total. The lowest BCUT2D eigenvalue weighted by atomic mass is 10.0. The van der Waals surface area contributed by atoms with Gasteiger partial charge in [-0.1, -0.05) is 18.2 Å². The zero-order valence-corrected chi connectivity index (χ0v) is 16.7. The molecular formula is C21H15BrN4O3. The van der Waals surface area contributed by atoms with Gasteiger partial charge in [-0.15, -0.1) is 0 Å². The average Bonchev–Trinajstić information content (AvgIpc) is 3.21. The van der Waals surface area contributed by atoms with Crippen LogP contribution in [0.1, 0.15) is 33.4 Å². The summed E-state index contributed by atoms with van der Waals surface area (Å²) in [6.07, 6.45) is 3.87. The van der Waals surface area contributed by atoms with E-state index in [-0.39, 0.29) is 11.9 Å². The van der Waals surface area contributed by atoms with Gasteiger partial charge >= 0.3 is 5.76 Å². The normalized spacial score (nSPS) is 15.8. The van der Waals surface area contributed by atoms with Gasteiger partial charge in [0.2, 0.25) is 0 Å². The van der Waals surface area contributed by atoms with Crippen molar-refractivity contribution in [2.45, 2.75) is 19.0 Å². The van der Waals surface area contributed by atoms with Crippen LogP contribution in [0.5, 0.6) is 0 Å². The van der Waals surface area contributed by atoms with Gasteiger partial charge < -0.3 is 9.32 Å². The largest absolute Gasteiger partial charge is 0.417 e. The van der Waals surface area contributed by atoms with Gasteiger partial charge in [0.25, 0.3) is 5.91 Å². The highest BCUT2D eigenvalue weighted by atomic mass is 79.9. The number of fused-ring (bicyclic) bond motifs is 2. The molecule has 0 radical (unpaired) electrons. The predicted octanol–water partition coefficient (Wildman–Crippen LogP) is 3.61. The van der Waals surface area contributed by atoms with Crippen LogP contribution >= 0.6 is 15.9 Å². The van der Waals surface area contributed by atoms with Gasteiger partial charge in [0.05, 0.1) is 30.2 Å². The number of rotatable bonds is 4. The van der Waals surface area contributed by atoms with Gasteiger partial charge in [-0.05, 0) is 39.7 Å². The molecule has 1 aliphatic rings. The van der Waals surface area contributed by atoms with Crippen LogP contribution in [0.15, 0.2) is 68.5 Å². The number of hydrogen-bond acceptors (Lipinski definition) is 5. The molecule has 0 bridgehead atoms. The highest BCUT2D eigenvalue weighted by Gasteiger charge is 2.37. The molecule has 0 fully saturated rings. The fourth-order valence-electron chi connectivity index (χ4n) is 3.75. The number of H-pyrrole nitrogens is 1. The summed E-state index contributed by atoms with van der Waals surface area (Å²) < 4.78 is 6.04. The van der Waals surface area contributed by atoms with E-state index >= 15 is 0 Å². The third kappa shape index (κ3) is 3.15. The lowest BCUT2D eigenvalue weighted by molar-refractivity contribution is 0.0706. The van der Waals surface area contributed by atoms with Crippen LogP contribution in [0.25, 0.3) is 11.1 Å². The number of carbonyl (C=O) groups is 1. The van der Waals surface area contributed by atoms with E-state index in [2.05, 4.69) is 30.9 Å². The molecule has 1 atom stereocenters. The van der Waals surface area contributed by atoms with Crippen LogP contribution in [0.4, 0.5) is 0 Å². The lowest BCUT2D eigenvalue weighted by Gasteiger charge is -2.25. The minimum atomic E-state index is -0.526. The zero-order chi connectivity index (χ0) is 20.0. The number of nitrogens with one attached hydrogen (secondary N) is 1. The van der Waals surface area contributed by atoms with Crippen molar-refractivity contribution in [1.29, 1.82) is 0 Å². The quantitative estimate of drug-likeness (QED) is 0.512. The molecule has 1 unspecified atom stereocenters. The number of hydrogen-bond donors (Lipinski definition) is 1. The van der Waals surface area contributed by atoms with Gasteiger partial charge in [0, 0.05) is 28.7 Å². The second-order valence-corrected chi connectivity index (χ2v) is 7.71. The van der Waals surface area contributed by atoms with Crippen LogP contribution in [0, 0.1) is 0 Å². The molecule has 1 amide bonds. The van der Waals surface area contributed by atoms with Crippen molar-refractivity contribution in [3.05, 3.63) is 92.4 Å². The summed E-state index contributed by atoms with van der Waals surface area (Å²) in [4.78, 5) is 37.8. The van der Waals surface area contributed by atoms with E-state index in [9.17, 15) is 9.59 Å². The van der Waals surface area contributed by atoms with Gasteiger partial charge in [0.1, 0.15) is 5.52 Å². The lowest BCUT2D eigenvalue weighted by Crippen LogP contribution is -2.29. The minimum Gasteiger partial charge on any atom is -0.408 e. The number of aromatic nitrogens is 3. The second kappa shape index (κ2) is 6.97. The molecule has 1 aromatic carbocycles. The summed E-state index contributed by atoms with van der Waals surface area (Å²) in [5, 5.41) is 0. The molecule has 1 N–H and O–H groups in total. The maximum absolute atomic E-state index is 13.1. The van der Waals surface area contributed by atoms with Crippen molar-refractivity contribution in [3.63, 3.8) is 0 Å². The summed E-state index contributed by atoms with van der Waals surface area (Å²) >= 11 is 3.55. The highest BCUT2D eigenvalue weighted by molar-refractivity contribution is 9.10. The molecule has 29 heavy (non-hydrogen) atoms. The summed E-state index contributed by atoms with van der Waals surface area (Å²) in [5.41, 5.74) is 4.15. The maximum Gasteiger partial charge on any atom is 0.417 e. The molecule has 0 saturated carbocycles. The molecule has 1 aliphatic heterocycles. The van der Waals surface area contributed by atoms with E-state index in [1.807, 2.05) is 36.4 Å². The molecule has 0 saturated heterocycles. The van der Waals surface area contributed by atoms with E-state index in [1.165, 1.54) is 0 Å². The van der Waals surface area contributed by atoms with E-state index in [4.69, 9.17) is 4.42 Å². The molecule has 5 rings (SSSR count). The SMILES string of the molecule is O=C1c2ccccc2C(Cc2ncccc2Br)N1Cc1cc2oc(=O)[nH]c2cn1. The third-order valence-electron chi connectivity index (χ3n) is 5.10. The molecule has 144 valence electrons. The maximum atomic E-state index is 13.1. The number of benzene rings is 1. The van der Waals surface area contributed by atoms with Gasteiger partial charge in [0.15, 0.2) is 5.58 Å². The van der Waals surface area contributed by atoms with Crippen molar-refractivity contribution < 1.29 is 9.21 Å². The summed E-state index contributed by atoms with van der Waals surface area (Å²) in [7, 11) is 0. The monoisotopic (exact) mass is 450 g/mol. The van der Waals surface area contributed by atoms with E-state index in [0.717, 1.165) is 15.7 Å². The molecular weight excluding hydrogens is 436 g/mol. The Morgan fingerprint density at radius 3 is 2.86 bits per heavy atom. The van der Waals surface area contributed by atoms with Crippen molar-refractivity contribution in [3.8, 4) is 0 Å². The number of carbonyl (C=O) groups excluding carboxylic acids is 1. The number of aromatic amines is 1. The van der Waals surface area contributed by atoms with Crippen molar-refractivity contribution in [2.75, 3.05) is 0 Å². The van der Waals surface area contributed by atoms with Gasteiger partial charge in [-0.25, -0.2) is 4.79 Å². The topological polar surface area (TPSA) is 92.1 Å².